The second-order valence-electron chi connectivity index (χ2n) is 5.01. The summed E-state index contributed by atoms with van der Waals surface area (Å²) < 4.78 is 1.75. The van der Waals surface area contributed by atoms with Crippen LogP contribution in [0.25, 0.3) is 17.1 Å². The molecule has 0 fully saturated rings. The highest BCUT2D eigenvalue weighted by Crippen LogP contribution is 2.24. The second kappa shape index (κ2) is 5.36. The Labute approximate surface area is 123 Å². The number of aryl methyl sites for hydroxylation is 2. The van der Waals surface area contributed by atoms with Crippen LogP contribution >= 0.6 is 0 Å². The number of nitrogens with zero attached hydrogens (tertiary/aromatic N) is 4. The Balaban J connectivity index is 2.07. The van der Waals surface area contributed by atoms with E-state index in [1.165, 1.54) is 5.56 Å². The van der Waals surface area contributed by atoms with Gasteiger partial charge in [-0.3, -0.25) is 0 Å². The molecule has 0 bridgehead atoms. The van der Waals surface area contributed by atoms with Crippen molar-refractivity contribution < 1.29 is 0 Å². The second-order valence-corrected chi connectivity index (χ2v) is 5.01. The highest BCUT2D eigenvalue weighted by Gasteiger charge is 2.12. The zero-order valence-electron chi connectivity index (χ0n) is 12.1. The van der Waals surface area contributed by atoms with E-state index in [-0.39, 0.29) is 0 Å². The lowest BCUT2D eigenvalue weighted by Crippen LogP contribution is -2.01. The van der Waals surface area contributed by atoms with Crippen molar-refractivity contribution in [2.45, 2.75) is 20.3 Å². The van der Waals surface area contributed by atoms with E-state index in [1.807, 2.05) is 37.3 Å². The van der Waals surface area contributed by atoms with Gasteiger partial charge in [0, 0.05) is 11.3 Å². The van der Waals surface area contributed by atoms with Gasteiger partial charge in [0.25, 0.3) is 0 Å². The van der Waals surface area contributed by atoms with Crippen molar-refractivity contribution in [3.63, 3.8) is 0 Å². The third-order valence-electron chi connectivity index (χ3n) is 3.55. The minimum absolute atomic E-state index is 0.719. The molecule has 0 atom stereocenters. The average Bonchev–Trinajstić information content (AvgIpc) is 2.96. The van der Waals surface area contributed by atoms with E-state index in [0.29, 0.717) is 0 Å². The first kappa shape index (κ1) is 13.3. The molecule has 0 aliphatic carbocycles. The summed E-state index contributed by atoms with van der Waals surface area (Å²) in [6.45, 7) is 4.14. The lowest BCUT2D eigenvalue weighted by atomic mass is 10.1. The van der Waals surface area contributed by atoms with E-state index in [2.05, 4.69) is 34.6 Å². The van der Waals surface area contributed by atoms with Crippen LogP contribution in [0.2, 0.25) is 0 Å². The van der Waals surface area contributed by atoms with Gasteiger partial charge in [0.1, 0.15) is 0 Å². The van der Waals surface area contributed by atoms with Gasteiger partial charge in [-0.25, -0.2) is 0 Å². The van der Waals surface area contributed by atoms with Gasteiger partial charge in [0.2, 0.25) is 0 Å². The number of hydrogen-bond acceptors (Lipinski definition) is 4. The third-order valence-corrected chi connectivity index (χ3v) is 3.55. The highest BCUT2D eigenvalue weighted by molar-refractivity contribution is 5.65. The van der Waals surface area contributed by atoms with E-state index in [4.69, 9.17) is 5.73 Å². The summed E-state index contributed by atoms with van der Waals surface area (Å²) in [6, 6.07) is 14.0. The summed E-state index contributed by atoms with van der Waals surface area (Å²) in [5.74, 6) is 0.719. The van der Waals surface area contributed by atoms with E-state index in [0.717, 1.165) is 34.7 Å². The monoisotopic (exact) mass is 279 g/mol. The van der Waals surface area contributed by atoms with Gasteiger partial charge in [0.15, 0.2) is 5.82 Å². The normalized spacial score (nSPS) is 10.8. The van der Waals surface area contributed by atoms with Crippen LogP contribution in [0.5, 0.6) is 0 Å². The van der Waals surface area contributed by atoms with Gasteiger partial charge in [-0.15, -0.1) is 5.10 Å². The molecule has 0 spiro atoms. The summed E-state index contributed by atoms with van der Waals surface area (Å²) in [5.41, 5.74) is 10.8. The number of nitrogens with two attached hydrogens (primary N) is 1. The lowest BCUT2D eigenvalue weighted by molar-refractivity contribution is 0.790. The zero-order chi connectivity index (χ0) is 14.8. The maximum Gasteiger partial charge on any atom is 0.187 e. The van der Waals surface area contributed by atoms with Crippen LogP contribution in [0.1, 0.15) is 18.1 Å². The first-order valence-corrected chi connectivity index (χ1v) is 6.93. The van der Waals surface area contributed by atoms with Crippen molar-refractivity contribution in [3.8, 4) is 17.1 Å². The minimum atomic E-state index is 0.719. The third kappa shape index (κ3) is 2.50. The first-order chi connectivity index (χ1) is 10.2. The number of anilines is 1. The van der Waals surface area contributed by atoms with Crippen LogP contribution in [-0.4, -0.2) is 20.2 Å². The van der Waals surface area contributed by atoms with Crippen LogP contribution in [0.4, 0.5) is 5.69 Å². The summed E-state index contributed by atoms with van der Waals surface area (Å²) in [6.07, 6.45) is 1.01. The maximum atomic E-state index is 5.80. The van der Waals surface area contributed by atoms with Crippen molar-refractivity contribution in [2.75, 3.05) is 5.73 Å². The molecule has 3 rings (SSSR count). The van der Waals surface area contributed by atoms with Gasteiger partial charge in [-0.1, -0.05) is 19.1 Å². The molecule has 0 saturated carbocycles. The number of rotatable bonds is 3. The van der Waals surface area contributed by atoms with Crippen LogP contribution in [0, 0.1) is 6.92 Å². The van der Waals surface area contributed by atoms with Crippen molar-refractivity contribution in [1.82, 2.24) is 20.2 Å². The number of hydrogen-bond donors (Lipinski definition) is 1. The molecule has 3 aromatic rings. The molecule has 1 heterocycles. The van der Waals surface area contributed by atoms with E-state index in [9.17, 15) is 0 Å². The van der Waals surface area contributed by atoms with Gasteiger partial charge in [-0.2, -0.15) is 4.68 Å². The lowest BCUT2D eigenvalue weighted by Gasteiger charge is -2.08. The topological polar surface area (TPSA) is 69.6 Å². The Hall–Kier alpha value is -2.69. The van der Waals surface area contributed by atoms with Gasteiger partial charge in [0.05, 0.1) is 5.69 Å². The highest BCUT2D eigenvalue weighted by atomic mass is 15.5. The Morgan fingerprint density at radius 2 is 1.86 bits per heavy atom. The molecule has 1 aromatic heterocycles. The van der Waals surface area contributed by atoms with Crippen LogP contribution in [0.15, 0.2) is 42.5 Å². The predicted molar refractivity (Wildman–Crippen MR) is 83.1 cm³/mol. The van der Waals surface area contributed by atoms with Crippen LogP contribution in [-0.2, 0) is 6.42 Å². The quantitative estimate of drug-likeness (QED) is 0.748. The molecule has 2 N–H and O–H groups in total. The molecule has 5 nitrogen and oxygen atoms in total. The molecule has 0 radical (unpaired) electrons. The molecule has 21 heavy (non-hydrogen) atoms. The number of tetrazole rings is 1. The summed E-state index contributed by atoms with van der Waals surface area (Å²) in [5, 5.41) is 12.1. The van der Waals surface area contributed by atoms with Crippen molar-refractivity contribution >= 4 is 5.69 Å². The van der Waals surface area contributed by atoms with Crippen molar-refractivity contribution in [2.24, 2.45) is 0 Å². The summed E-state index contributed by atoms with van der Waals surface area (Å²) >= 11 is 0. The smallest absolute Gasteiger partial charge is 0.187 e. The van der Waals surface area contributed by atoms with Crippen LogP contribution < -0.4 is 5.73 Å². The average molecular weight is 279 g/mol. The molecule has 106 valence electrons. The summed E-state index contributed by atoms with van der Waals surface area (Å²) in [4.78, 5) is 0. The molecular weight excluding hydrogens is 262 g/mol. The number of aromatic nitrogens is 4. The van der Waals surface area contributed by atoms with Crippen molar-refractivity contribution in [3.05, 3.63) is 53.6 Å². The minimum Gasteiger partial charge on any atom is -0.399 e. The standard InChI is InChI=1S/C16H17N5/c1-3-12-4-7-14(8-5-12)21-16(18-19-20-21)15-9-6-13(17)10-11(15)2/h4-10H,3,17H2,1-2H3. The Kier molecular flexibility index (Phi) is 3.39. The Morgan fingerprint density at radius 3 is 2.52 bits per heavy atom. The SMILES string of the molecule is CCc1ccc(-n2nnnc2-c2ccc(N)cc2C)cc1. The largest absolute Gasteiger partial charge is 0.399 e. The fourth-order valence-corrected chi connectivity index (χ4v) is 2.34. The van der Waals surface area contributed by atoms with E-state index in [1.54, 1.807) is 4.68 Å². The zero-order valence-corrected chi connectivity index (χ0v) is 12.1. The predicted octanol–water partition coefficient (Wildman–Crippen LogP) is 2.78. The van der Waals surface area contributed by atoms with Crippen LogP contribution in [0.3, 0.4) is 0 Å². The maximum absolute atomic E-state index is 5.80. The molecule has 2 aromatic carbocycles. The fraction of sp³-hybridized carbons (Fsp3) is 0.188. The number of benzene rings is 2. The number of nitrogen functional groups attached to an aromatic ring is 1. The molecular formula is C16H17N5. The molecule has 0 aliphatic rings. The molecule has 0 unspecified atom stereocenters. The molecule has 0 saturated heterocycles. The molecule has 5 heteroatoms. The van der Waals surface area contributed by atoms with Gasteiger partial charge < -0.3 is 5.73 Å². The molecule has 0 aliphatic heterocycles. The van der Waals surface area contributed by atoms with Gasteiger partial charge >= 0.3 is 0 Å². The van der Waals surface area contributed by atoms with Gasteiger partial charge in [-0.05, 0) is 65.2 Å². The fourth-order valence-electron chi connectivity index (χ4n) is 2.34. The summed E-state index contributed by atoms with van der Waals surface area (Å²) in [7, 11) is 0. The molecule has 0 amide bonds. The Morgan fingerprint density at radius 1 is 1.10 bits per heavy atom. The first-order valence-electron chi connectivity index (χ1n) is 6.93. The Bertz CT molecular complexity index is 759. The van der Waals surface area contributed by atoms with Crippen molar-refractivity contribution in [1.29, 1.82) is 0 Å². The van der Waals surface area contributed by atoms with E-state index < -0.39 is 0 Å². The van der Waals surface area contributed by atoms with E-state index >= 15 is 0 Å².